The summed E-state index contributed by atoms with van der Waals surface area (Å²) in [6.07, 6.45) is 3.14. The number of allylic oxidation sites excluding steroid dienone is 3. The Morgan fingerprint density at radius 2 is 1.62 bits per heavy atom. The predicted octanol–water partition coefficient (Wildman–Crippen LogP) is 4.31. The van der Waals surface area contributed by atoms with Crippen molar-refractivity contribution in [3.63, 3.8) is 0 Å². The van der Waals surface area contributed by atoms with Crippen LogP contribution >= 0.6 is 0 Å². The molecule has 0 aliphatic heterocycles. The van der Waals surface area contributed by atoms with E-state index in [0.717, 1.165) is 17.9 Å². The lowest BCUT2D eigenvalue weighted by molar-refractivity contribution is 0.406. The molecule has 0 amide bonds. The van der Waals surface area contributed by atoms with E-state index in [9.17, 15) is 0 Å². The van der Waals surface area contributed by atoms with Crippen LogP contribution in [0.15, 0.2) is 41.2 Å². The van der Waals surface area contributed by atoms with Gasteiger partial charge in [0.05, 0.1) is 0 Å². The maximum atomic E-state index is 6.05. The molecule has 1 nitrogen and oxygen atoms in total. The first-order valence-corrected chi connectivity index (χ1v) is 5.69. The zero-order valence-electron chi connectivity index (χ0n) is 10.4. The highest BCUT2D eigenvalue weighted by Gasteiger charge is 2.14. The van der Waals surface area contributed by atoms with Gasteiger partial charge < -0.3 is 4.74 Å². The molecule has 0 N–H and O–H groups in total. The standard InChI is InChI=1S/C15H18O/c1-10-8-13(4)14(9-10)16-15-11(2)6-5-7-12(15)3/h5-8H,9H2,1-4H3. The molecule has 1 aromatic carbocycles. The third-order valence-corrected chi connectivity index (χ3v) is 2.98. The predicted molar refractivity (Wildman–Crippen MR) is 67.6 cm³/mol. The fourth-order valence-corrected chi connectivity index (χ4v) is 2.09. The summed E-state index contributed by atoms with van der Waals surface area (Å²) in [6.45, 7) is 8.44. The molecule has 0 bridgehead atoms. The molecule has 1 aromatic rings. The maximum Gasteiger partial charge on any atom is 0.132 e. The van der Waals surface area contributed by atoms with Crippen LogP contribution < -0.4 is 4.74 Å². The van der Waals surface area contributed by atoms with Crippen LogP contribution in [0.25, 0.3) is 0 Å². The fraction of sp³-hybridized carbons (Fsp3) is 0.333. The van der Waals surface area contributed by atoms with Gasteiger partial charge in [0.25, 0.3) is 0 Å². The Bertz CT molecular complexity index is 458. The molecule has 16 heavy (non-hydrogen) atoms. The van der Waals surface area contributed by atoms with Crippen molar-refractivity contribution in [3.8, 4) is 5.75 Å². The van der Waals surface area contributed by atoms with Crippen molar-refractivity contribution in [2.75, 3.05) is 0 Å². The lowest BCUT2D eigenvalue weighted by Crippen LogP contribution is -1.98. The second-order valence-corrected chi connectivity index (χ2v) is 4.60. The van der Waals surface area contributed by atoms with E-state index >= 15 is 0 Å². The van der Waals surface area contributed by atoms with E-state index in [1.165, 1.54) is 22.3 Å². The lowest BCUT2D eigenvalue weighted by Gasteiger charge is -2.13. The van der Waals surface area contributed by atoms with Crippen LogP contribution in [0.4, 0.5) is 0 Å². The van der Waals surface area contributed by atoms with Crippen LogP contribution in [0.2, 0.25) is 0 Å². The molecule has 1 aliphatic rings. The van der Waals surface area contributed by atoms with Crippen molar-refractivity contribution in [1.82, 2.24) is 0 Å². The largest absolute Gasteiger partial charge is 0.461 e. The van der Waals surface area contributed by atoms with Gasteiger partial charge in [0, 0.05) is 6.42 Å². The Balaban J connectivity index is 2.27. The molecule has 0 spiro atoms. The first-order chi connectivity index (χ1) is 7.58. The van der Waals surface area contributed by atoms with Crippen LogP contribution in [0.3, 0.4) is 0 Å². The fourth-order valence-electron chi connectivity index (χ4n) is 2.09. The molecule has 0 atom stereocenters. The third-order valence-electron chi connectivity index (χ3n) is 2.98. The molecule has 0 radical (unpaired) electrons. The Kier molecular flexibility index (Phi) is 2.86. The van der Waals surface area contributed by atoms with Crippen LogP contribution in [0.1, 0.15) is 31.4 Å². The van der Waals surface area contributed by atoms with Gasteiger partial charge in [-0.1, -0.05) is 29.8 Å². The normalized spacial score (nSPS) is 15.4. The third kappa shape index (κ3) is 2.04. The number of para-hydroxylation sites is 1. The van der Waals surface area contributed by atoms with Gasteiger partial charge in [-0.15, -0.1) is 0 Å². The molecular weight excluding hydrogens is 196 g/mol. The Labute approximate surface area is 97.4 Å². The highest BCUT2D eigenvalue weighted by atomic mass is 16.5. The van der Waals surface area contributed by atoms with E-state index in [0.29, 0.717) is 0 Å². The smallest absolute Gasteiger partial charge is 0.132 e. The van der Waals surface area contributed by atoms with Crippen molar-refractivity contribution in [3.05, 3.63) is 52.3 Å². The molecule has 0 aromatic heterocycles. The van der Waals surface area contributed by atoms with Gasteiger partial charge in [0.1, 0.15) is 11.5 Å². The van der Waals surface area contributed by atoms with Gasteiger partial charge in [-0.2, -0.15) is 0 Å². The number of rotatable bonds is 2. The van der Waals surface area contributed by atoms with E-state index in [2.05, 4.69) is 52.0 Å². The summed E-state index contributed by atoms with van der Waals surface area (Å²) in [7, 11) is 0. The van der Waals surface area contributed by atoms with Crippen molar-refractivity contribution < 1.29 is 4.74 Å². The minimum atomic E-state index is 0.944. The van der Waals surface area contributed by atoms with Gasteiger partial charge in [-0.25, -0.2) is 0 Å². The van der Waals surface area contributed by atoms with Crippen LogP contribution in [-0.2, 0) is 0 Å². The Morgan fingerprint density at radius 1 is 1.00 bits per heavy atom. The van der Waals surface area contributed by atoms with E-state index < -0.39 is 0 Å². The molecule has 1 aliphatic carbocycles. The number of aryl methyl sites for hydroxylation is 2. The topological polar surface area (TPSA) is 9.23 Å². The number of hydrogen-bond acceptors (Lipinski definition) is 1. The summed E-state index contributed by atoms with van der Waals surface area (Å²) in [5.41, 5.74) is 5.02. The Morgan fingerprint density at radius 3 is 2.12 bits per heavy atom. The first kappa shape index (κ1) is 11.0. The molecule has 0 saturated heterocycles. The maximum absolute atomic E-state index is 6.05. The number of ether oxygens (including phenoxy) is 1. The number of benzene rings is 1. The van der Waals surface area contributed by atoms with Gasteiger partial charge in [-0.05, 0) is 44.4 Å². The SMILES string of the molecule is CC1=CC(C)=C(Oc2c(C)cccc2C)C1. The van der Waals surface area contributed by atoms with Gasteiger partial charge in [0.2, 0.25) is 0 Å². The van der Waals surface area contributed by atoms with Crippen molar-refractivity contribution in [2.24, 2.45) is 0 Å². The quantitative estimate of drug-likeness (QED) is 0.713. The number of hydrogen-bond donors (Lipinski definition) is 0. The minimum Gasteiger partial charge on any atom is -0.461 e. The monoisotopic (exact) mass is 214 g/mol. The Hall–Kier alpha value is -1.50. The van der Waals surface area contributed by atoms with Crippen molar-refractivity contribution in [2.45, 2.75) is 34.1 Å². The highest BCUT2D eigenvalue weighted by molar-refractivity contribution is 5.43. The average Bonchev–Trinajstić information content (AvgIpc) is 2.51. The summed E-state index contributed by atoms with van der Waals surface area (Å²) in [6, 6.07) is 6.25. The van der Waals surface area contributed by atoms with E-state index in [1.807, 2.05) is 0 Å². The average molecular weight is 214 g/mol. The van der Waals surface area contributed by atoms with Crippen molar-refractivity contribution in [1.29, 1.82) is 0 Å². The summed E-state index contributed by atoms with van der Waals surface area (Å²) in [5.74, 6) is 2.11. The van der Waals surface area contributed by atoms with Crippen LogP contribution in [0.5, 0.6) is 5.75 Å². The molecule has 2 rings (SSSR count). The summed E-state index contributed by atoms with van der Waals surface area (Å²) in [5, 5.41) is 0. The zero-order chi connectivity index (χ0) is 11.7. The first-order valence-electron chi connectivity index (χ1n) is 5.69. The lowest BCUT2D eigenvalue weighted by atomic mass is 10.1. The van der Waals surface area contributed by atoms with Gasteiger partial charge in [0.15, 0.2) is 0 Å². The van der Waals surface area contributed by atoms with E-state index in [1.54, 1.807) is 0 Å². The molecule has 84 valence electrons. The molecule has 0 fully saturated rings. The van der Waals surface area contributed by atoms with Gasteiger partial charge in [-0.3, -0.25) is 0 Å². The molecule has 1 heteroatoms. The zero-order valence-corrected chi connectivity index (χ0v) is 10.4. The van der Waals surface area contributed by atoms with E-state index in [4.69, 9.17) is 4.74 Å². The molecular formula is C15H18O. The van der Waals surface area contributed by atoms with Crippen LogP contribution in [0, 0.1) is 13.8 Å². The second kappa shape index (κ2) is 4.17. The minimum absolute atomic E-state index is 0.944. The second-order valence-electron chi connectivity index (χ2n) is 4.60. The van der Waals surface area contributed by atoms with Crippen LogP contribution in [-0.4, -0.2) is 0 Å². The molecule has 0 unspecified atom stereocenters. The van der Waals surface area contributed by atoms with Gasteiger partial charge >= 0.3 is 0 Å². The summed E-state index contributed by atoms with van der Waals surface area (Å²) < 4.78 is 6.05. The molecule has 0 heterocycles. The van der Waals surface area contributed by atoms with Crippen molar-refractivity contribution >= 4 is 0 Å². The van der Waals surface area contributed by atoms with E-state index in [-0.39, 0.29) is 0 Å². The highest BCUT2D eigenvalue weighted by Crippen LogP contribution is 2.31. The summed E-state index contributed by atoms with van der Waals surface area (Å²) >= 11 is 0. The summed E-state index contributed by atoms with van der Waals surface area (Å²) in [4.78, 5) is 0. The molecule has 0 saturated carbocycles.